The summed E-state index contributed by atoms with van der Waals surface area (Å²) in [5, 5.41) is 2.52. The van der Waals surface area contributed by atoms with Gasteiger partial charge in [0, 0.05) is 12.1 Å². The molecule has 2 rings (SSSR count). The quantitative estimate of drug-likeness (QED) is 0.553. The molecule has 1 atom stereocenters. The predicted molar refractivity (Wildman–Crippen MR) is 104 cm³/mol. The predicted octanol–water partition coefficient (Wildman–Crippen LogP) is 4.08. The van der Waals surface area contributed by atoms with Crippen LogP contribution in [-0.2, 0) is 14.3 Å². The molecule has 28 heavy (non-hydrogen) atoms. The molecule has 0 aliphatic heterocycles. The average Bonchev–Trinajstić information content (AvgIpc) is 2.68. The second-order valence-corrected chi connectivity index (χ2v) is 6.08. The molecular formula is C20H19ClFNO5. The Hall–Kier alpha value is -3.06. The van der Waals surface area contributed by atoms with Crippen LogP contribution in [0.4, 0.5) is 10.1 Å². The molecule has 0 unspecified atom stereocenters. The smallest absolute Gasteiger partial charge is 0.331 e. The van der Waals surface area contributed by atoms with E-state index in [9.17, 15) is 14.0 Å². The fraction of sp³-hybridized carbons (Fsp3) is 0.200. The van der Waals surface area contributed by atoms with Gasteiger partial charge < -0.3 is 19.5 Å². The number of halogens is 2. The van der Waals surface area contributed by atoms with E-state index >= 15 is 0 Å². The first-order valence-corrected chi connectivity index (χ1v) is 8.58. The normalized spacial score (nSPS) is 11.8. The highest BCUT2D eigenvalue weighted by atomic mass is 35.5. The van der Waals surface area contributed by atoms with Gasteiger partial charge in [0.15, 0.2) is 6.10 Å². The maximum atomic E-state index is 13.0. The SMILES string of the molecule is COc1cc(/C=C/C(=O)O[C@H](C)C(=O)Nc2ccc(F)cc2Cl)cc(OC)c1. The van der Waals surface area contributed by atoms with Gasteiger partial charge in [0.1, 0.15) is 17.3 Å². The molecule has 1 N–H and O–H groups in total. The number of anilines is 1. The molecule has 0 saturated heterocycles. The summed E-state index contributed by atoms with van der Waals surface area (Å²) >= 11 is 5.86. The lowest BCUT2D eigenvalue weighted by Gasteiger charge is -2.13. The Morgan fingerprint density at radius 3 is 2.32 bits per heavy atom. The Bertz CT molecular complexity index is 878. The Balaban J connectivity index is 1.98. The van der Waals surface area contributed by atoms with E-state index in [0.717, 1.165) is 12.1 Å². The van der Waals surface area contributed by atoms with Crippen molar-refractivity contribution in [3.05, 3.63) is 58.9 Å². The number of hydrogen-bond donors (Lipinski definition) is 1. The fourth-order valence-corrected chi connectivity index (χ4v) is 2.40. The van der Waals surface area contributed by atoms with Crippen molar-refractivity contribution in [2.75, 3.05) is 19.5 Å². The lowest BCUT2D eigenvalue weighted by atomic mass is 10.2. The topological polar surface area (TPSA) is 73.9 Å². The molecule has 8 heteroatoms. The van der Waals surface area contributed by atoms with Crippen molar-refractivity contribution < 1.29 is 28.2 Å². The first-order chi connectivity index (χ1) is 13.3. The Morgan fingerprint density at radius 2 is 1.75 bits per heavy atom. The second kappa shape index (κ2) is 9.75. The molecule has 0 aromatic heterocycles. The molecule has 0 radical (unpaired) electrons. The largest absolute Gasteiger partial charge is 0.497 e. The molecular weight excluding hydrogens is 389 g/mol. The Kier molecular flexibility index (Phi) is 7.40. The van der Waals surface area contributed by atoms with Gasteiger partial charge >= 0.3 is 5.97 Å². The summed E-state index contributed by atoms with van der Waals surface area (Å²) in [6.07, 6.45) is 1.61. The molecule has 0 heterocycles. The fourth-order valence-electron chi connectivity index (χ4n) is 2.18. The minimum absolute atomic E-state index is 0.0405. The van der Waals surface area contributed by atoms with Crippen molar-refractivity contribution >= 4 is 35.2 Å². The third kappa shape index (κ3) is 5.99. The number of carbonyl (C=O) groups excluding carboxylic acids is 2. The first kappa shape index (κ1) is 21.2. The number of amides is 1. The van der Waals surface area contributed by atoms with E-state index in [2.05, 4.69) is 5.32 Å². The number of carbonyl (C=O) groups is 2. The van der Waals surface area contributed by atoms with Gasteiger partial charge in [-0.2, -0.15) is 0 Å². The molecule has 1 amide bonds. The lowest BCUT2D eigenvalue weighted by molar-refractivity contribution is -0.148. The van der Waals surface area contributed by atoms with E-state index in [0.29, 0.717) is 17.1 Å². The van der Waals surface area contributed by atoms with Crippen molar-refractivity contribution in [3.63, 3.8) is 0 Å². The van der Waals surface area contributed by atoms with Crippen molar-refractivity contribution in [3.8, 4) is 11.5 Å². The molecule has 0 saturated carbocycles. The highest BCUT2D eigenvalue weighted by molar-refractivity contribution is 6.33. The molecule has 2 aromatic rings. The van der Waals surface area contributed by atoms with Crippen LogP contribution in [0.2, 0.25) is 5.02 Å². The summed E-state index contributed by atoms with van der Waals surface area (Å²) in [6, 6.07) is 8.66. The molecule has 6 nitrogen and oxygen atoms in total. The van der Waals surface area contributed by atoms with Crippen LogP contribution in [0.1, 0.15) is 12.5 Å². The van der Waals surface area contributed by atoms with E-state index in [1.807, 2.05) is 0 Å². The van der Waals surface area contributed by atoms with E-state index in [4.69, 9.17) is 25.8 Å². The van der Waals surface area contributed by atoms with Crippen LogP contribution in [-0.4, -0.2) is 32.2 Å². The van der Waals surface area contributed by atoms with Crippen LogP contribution >= 0.6 is 11.6 Å². The summed E-state index contributed by atoms with van der Waals surface area (Å²) in [5.41, 5.74) is 0.873. The molecule has 0 bridgehead atoms. The number of hydrogen-bond acceptors (Lipinski definition) is 5. The van der Waals surface area contributed by atoms with Crippen molar-refractivity contribution in [2.45, 2.75) is 13.0 Å². The Morgan fingerprint density at radius 1 is 1.11 bits per heavy atom. The summed E-state index contributed by atoms with van der Waals surface area (Å²) in [5.74, 6) is -0.706. The Labute approximate surface area is 166 Å². The zero-order valence-corrected chi connectivity index (χ0v) is 16.2. The van der Waals surface area contributed by atoms with Gasteiger partial charge in [-0.05, 0) is 48.9 Å². The van der Waals surface area contributed by atoms with Crippen LogP contribution in [0.25, 0.3) is 6.08 Å². The highest BCUT2D eigenvalue weighted by Crippen LogP contribution is 2.24. The number of rotatable bonds is 7. The summed E-state index contributed by atoms with van der Waals surface area (Å²) in [7, 11) is 3.04. The van der Waals surface area contributed by atoms with E-state index < -0.39 is 23.8 Å². The first-order valence-electron chi connectivity index (χ1n) is 8.20. The monoisotopic (exact) mass is 407 g/mol. The number of nitrogens with one attached hydrogen (secondary N) is 1. The number of ether oxygens (including phenoxy) is 3. The van der Waals surface area contributed by atoms with Crippen molar-refractivity contribution in [2.24, 2.45) is 0 Å². The van der Waals surface area contributed by atoms with Gasteiger partial charge in [-0.3, -0.25) is 4.79 Å². The van der Waals surface area contributed by atoms with Gasteiger partial charge in [0.05, 0.1) is 24.9 Å². The van der Waals surface area contributed by atoms with Crippen LogP contribution < -0.4 is 14.8 Å². The maximum Gasteiger partial charge on any atom is 0.331 e. The van der Waals surface area contributed by atoms with Gasteiger partial charge in [0.25, 0.3) is 5.91 Å². The maximum absolute atomic E-state index is 13.0. The number of methoxy groups -OCH3 is 2. The zero-order valence-electron chi connectivity index (χ0n) is 15.5. The van der Waals surface area contributed by atoms with Crippen LogP contribution in [0.5, 0.6) is 11.5 Å². The number of esters is 1. The summed E-state index contributed by atoms with van der Waals surface area (Å²) in [6.45, 7) is 1.41. The van der Waals surface area contributed by atoms with Crippen LogP contribution in [0, 0.1) is 5.82 Å². The van der Waals surface area contributed by atoms with Crippen LogP contribution in [0.15, 0.2) is 42.5 Å². The minimum Gasteiger partial charge on any atom is -0.497 e. The molecule has 0 aliphatic rings. The molecule has 0 aliphatic carbocycles. The molecule has 148 valence electrons. The van der Waals surface area contributed by atoms with Crippen LogP contribution in [0.3, 0.4) is 0 Å². The standard InChI is InChI=1S/C20H19ClFNO5/c1-12(20(25)23-18-6-5-14(22)10-17(18)21)28-19(24)7-4-13-8-15(26-2)11-16(9-13)27-3/h4-12H,1-3H3,(H,23,25)/b7-4+/t12-/m1/s1. The third-order valence-corrected chi connectivity index (χ3v) is 3.95. The summed E-state index contributed by atoms with van der Waals surface area (Å²) < 4.78 is 28.4. The average molecular weight is 408 g/mol. The van der Waals surface area contributed by atoms with Crippen molar-refractivity contribution in [1.82, 2.24) is 0 Å². The molecule has 2 aromatic carbocycles. The van der Waals surface area contributed by atoms with E-state index in [1.54, 1.807) is 18.2 Å². The zero-order chi connectivity index (χ0) is 20.7. The highest BCUT2D eigenvalue weighted by Gasteiger charge is 2.18. The van der Waals surface area contributed by atoms with Gasteiger partial charge in [0.2, 0.25) is 0 Å². The molecule has 0 spiro atoms. The van der Waals surface area contributed by atoms with Crippen molar-refractivity contribution in [1.29, 1.82) is 0 Å². The summed E-state index contributed by atoms with van der Waals surface area (Å²) in [4.78, 5) is 24.1. The van der Waals surface area contributed by atoms with Gasteiger partial charge in [-0.25, -0.2) is 9.18 Å². The lowest BCUT2D eigenvalue weighted by Crippen LogP contribution is -2.29. The second-order valence-electron chi connectivity index (χ2n) is 5.67. The van der Waals surface area contributed by atoms with Gasteiger partial charge in [-0.1, -0.05) is 11.6 Å². The molecule has 0 fully saturated rings. The van der Waals surface area contributed by atoms with Gasteiger partial charge in [-0.15, -0.1) is 0 Å². The number of benzene rings is 2. The third-order valence-electron chi connectivity index (χ3n) is 3.64. The minimum atomic E-state index is -1.09. The van der Waals surface area contributed by atoms with E-state index in [1.165, 1.54) is 39.4 Å². The van der Waals surface area contributed by atoms with E-state index in [-0.39, 0.29) is 10.7 Å².